The van der Waals surface area contributed by atoms with Crippen LogP contribution in [0.3, 0.4) is 0 Å². The molecule has 1 aromatic carbocycles. The summed E-state index contributed by atoms with van der Waals surface area (Å²) in [7, 11) is 1.93. The Morgan fingerprint density at radius 1 is 1.30 bits per heavy atom. The second-order valence-corrected chi connectivity index (χ2v) is 6.27. The first-order chi connectivity index (χ1) is 11.1. The lowest BCUT2D eigenvalue weighted by molar-refractivity contribution is 0.1000. The number of amides is 1. The van der Waals surface area contributed by atoms with Crippen molar-refractivity contribution in [2.75, 3.05) is 0 Å². The Kier molecular flexibility index (Phi) is 4.55. The van der Waals surface area contributed by atoms with Gasteiger partial charge in [0.15, 0.2) is 0 Å². The Morgan fingerprint density at radius 3 is 2.91 bits per heavy atom. The van der Waals surface area contributed by atoms with Gasteiger partial charge in [-0.2, -0.15) is 5.10 Å². The minimum atomic E-state index is -0.404. The van der Waals surface area contributed by atoms with E-state index in [2.05, 4.69) is 21.9 Å². The first-order valence-corrected chi connectivity index (χ1v) is 8.17. The summed E-state index contributed by atoms with van der Waals surface area (Å²) in [5.41, 5.74) is 9.04. The number of rotatable bonds is 6. The monoisotopic (exact) mass is 326 g/mol. The molecular weight excluding hydrogens is 308 g/mol. The molecule has 6 heteroatoms. The highest BCUT2D eigenvalue weighted by Crippen LogP contribution is 2.26. The summed E-state index contributed by atoms with van der Waals surface area (Å²) in [6.07, 6.45) is 2.03. The molecule has 0 bridgehead atoms. The number of thiophene rings is 1. The molecule has 0 fully saturated rings. The fraction of sp³-hybridized carbons (Fsp3) is 0.176. The van der Waals surface area contributed by atoms with Crippen LogP contribution in [0.2, 0.25) is 0 Å². The number of aryl methyl sites for hydroxylation is 1. The molecule has 5 nitrogen and oxygen atoms in total. The molecule has 0 aliphatic rings. The topological polar surface area (TPSA) is 72.9 Å². The second-order valence-electron chi connectivity index (χ2n) is 5.32. The SMILES string of the molecule is Cn1cc(CNCc2cccc(C(N)=O)c2)c(-c2cccs2)n1. The highest BCUT2D eigenvalue weighted by Gasteiger charge is 2.10. The van der Waals surface area contributed by atoms with Crippen molar-refractivity contribution in [3.63, 3.8) is 0 Å². The Labute approximate surface area is 138 Å². The first-order valence-electron chi connectivity index (χ1n) is 7.29. The van der Waals surface area contributed by atoms with Crippen LogP contribution in [0.25, 0.3) is 10.6 Å². The third-order valence-electron chi connectivity index (χ3n) is 3.52. The molecule has 0 atom stereocenters. The van der Waals surface area contributed by atoms with Gasteiger partial charge in [0.1, 0.15) is 5.69 Å². The lowest BCUT2D eigenvalue weighted by Gasteiger charge is -2.06. The predicted octanol–water partition coefficient (Wildman–Crippen LogP) is 2.54. The van der Waals surface area contributed by atoms with E-state index in [1.54, 1.807) is 17.4 Å². The van der Waals surface area contributed by atoms with E-state index in [0.29, 0.717) is 18.7 Å². The van der Waals surface area contributed by atoms with Gasteiger partial charge in [0.05, 0.1) is 4.88 Å². The number of hydrogen-bond donors (Lipinski definition) is 2. The fourth-order valence-corrected chi connectivity index (χ4v) is 3.21. The van der Waals surface area contributed by atoms with Crippen molar-refractivity contribution in [2.24, 2.45) is 12.8 Å². The molecule has 118 valence electrons. The third-order valence-corrected chi connectivity index (χ3v) is 4.39. The van der Waals surface area contributed by atoms with Crippen molar-refractivity contribution >= 4 is 17.2 Å². The van der Waals surface area contributed by atoms with Crippen LogP contribution in [0.4, 0.5) is 0 Å². The largest absolute Gasteiger partial charge is 0.366 e. The van der Waals surface area contributed by atoms with Gasteiger partial charge in [0.25, 0.3) is 0 Å². The lowest BCUT2D eigenvalue weighted by Crippen LogP contribution is -2.15. The molecule has 2 heterocycles. The summed E-state index contributed by atoms with van der Waals surface area (Å²) < 4.78 is 1.83. The maximum absolute atomic E-state index is 11.2. The van der Waals surface area contributed by atoms with Gasteiger partial charge in [-0.25, -0.2) is 0 Å². The van der Waals surface area contributed by atoms with Crippen molar-refractivity contribution < 1.29 is 4.79 Å². The van der Waals surface area contributed by atoms with E-state index in [0.717, 1.165) is 21.7 Å². The Bertz CT molecular complexity index is 808. The van der Waals surface area contributed by atoms with Crippen LogP contribution < -0.4 is 11.1 Å². The first kappa shape index (κ1) is 15.5. The van der Waals surface area contributed by atoms with E-state index < -0.39 is 5.91 Å². The number of carbonyl (C=O) groups excluding carboxylic acids is 1. The van der Waals surface area contributed by atoms with Crippen LogP contribution in [0.5, 0.6) is 0 Å². The zero-order valence-electron chi connectivity index (χ0n) is 12.8. The van der Waals surface area contributed by atoms with Gasteiger partial charge < -0.3 is 11.1 Å². The van der Waals surface area contributed by atoms with Crippen LogP contribution in [-0.2, 0) is 20.1 Å². The fourth-order valence-electron chi connectivity index (χ4n) is 2.46. The van der Waals surface area contributed by atoms with Crippen molar-refractivity contribution in [3.05, 3.63) is 64.7 Å². The van der Waals surface area contributed by atoms with Crippen LogP contribution >= 0.6 is 11.3 Å². The molecule has 0 saturated heterocycles. The van der Waals surface area contributed by atoms with Crippen LogP contribution in [0, 0.1) is 0 Å². The summed E-state index contributed by atoms with van der Waals surface area (Å²) in [5, 5.41) is 9.99. The third kappa shape index (κ3) is 3.67. The zero-order valence-corrected chi connectivity index (χ0v) is 13.6. The van der Waals surface area contributed by atoms with Gasteiger partial charge in [-0.1, -0.05) is 18.2 Å². The lowest BCUT2D eigenvalue weighted by atomic mass is 10.1. The molecule has 0 spiro atoms. The summed E-state index contributed by atoms with van der Waals surface area (Å²) in [6, 6.07) is 11.5. The van der Waals surface area contributed by atoms with Crippen molar-refractivity contribution in [1.29, 1.82) is 0 Å². The summed E-state index contributed by atoms with van der Waals surface area (Å²) in [6.45, 7) is 1.38. The van der Waals surface area contributed by atoms with Crippen molar-refractivity contribution in [1.82, 2.24) is 15.1 Å². The van der Waals surface area contributed by atoms with E-state index in [4.69, 9.17) is 5.73 Å². The number of nitrogens with two attached hydrogens (primary N) is 1. The number of carbonyl (C=O) groups is 1. The number of primary amides is 1. The average Bonchev–Trinajstić information content (AvgIpc) is 3.17. The molecular formula is C17H18N4OS. The summed E-state index contributed by atoms with van der Waals surface area (Å²) >= 11 is 1.68. The van der Waals surface area contributed by atoms with E-state index >= 15 is 0 Å². The Balaban J connectivity index is 1.68. The quantitative estimate of drug-likeness (QED) is 0.731. The van der Waals surface area contributed by atoms with Crippen molar-refractivity contribution in [3.8, 4) is 10.6 Å². The van der Waals surface area contributed by atoms with E-state index in [9.17, 15) is 4.79 Å². The number of benzene rings is 1. The maximum atomic E-state index is 11.2. The Morgan fingerprint density at radius 2 is 2.17 bits per heavy atom. The highest BCUT2D eigenvalue weighted by atomic mass is 32.1. The smallest absolute Gasteiger partial charge is 0.248 e. The number of hydrogen-bond acceptors (Lipinski definition) is 4. The molecule has 0 saturated carbocycles. The van der Waals surface area contributed by atoms with Gasteiger partial charge >= 0.3 is 0 Å². The van der Waals surface area contributed by atoms with Gasteiger partial charge in [-0.3, -0.25) is 9.48 Å². The summed E-state index contributed by atoms with van der Waals surface area (Å²) in [4.78, 5) is 12.4. The minimum absolute atomic E-state index is 0.404. The van der Waals surface area contributed by atoms with E-state index in [-0.39, 0.29) is 0 Å². The molecule has 3 rings (SSSR count). The maximum Gasteiger partial charge on any atom is 0.248 e. The molecule has 23 heavy (non-hydrogen) atoms. The van der Waals surface area contributed by atoms with E-state index in [1.165, 1.54) is 0 Å². The van der Waals surface area contributed by atoms with Gasteiger partial charge in [0.2, 0.25) is 5.91 Å². The molecule has 0 aliphatic carbocycles. The minimum Gasteiger partial charge on any atom is -0.366 e. The molecule has 2 aromatic heterocycles. The van der Waals surface area contributed by atoms with Crippen LogP contribution in [-0.4, -0.2) is 15.7 Å². The highest BCUT2D eigenvalue weighted by molar-refractivity contribution is 7.13. The van der Waals surface area contributed by atoms with Gasteiger partial charge in [-0.05, 0) is 29.1 Å². The average molecular weight is 326 g/mol. The van der Waals surface area contributed by atoms with E-state index in [1.807, 2.05) is 42.2 Å². The molecule has 3 aromatic rings. The molecule has 0 aliphatic heterocycles. The molecule has 0 radical (unpaired) electrons. The molecule has 1 amide bonds. The van der Waals surface area contributed by atoms with Crippen molar-refractivity contribution in [2.45, 2.75) is 13.1 Å². The van der Waals surface area contributed by atoms with Gasteiger partial charge in [0, 0.05) is 37.5 Å². The Hall–Kier alpha value is -2.44. The standard InChI is InChI=1S/C17H18N4OS/c1-21-11-14(16(20-21)15-6-3-7-23-15)10-19-9-12-4-2-5-13(8-12)17(18)22/h2-8,11,19H,9-10H2,1H3,(H2,18,22). The van der Waals surface area contributed by atoms with Crippen LogP contribution in [0.1, 0.15) is 21.5 Å². The number of nitrogens with one attached hydrogen (secondary N) is 1. The van der Waals surface area contributed by atoms with Crippen LogP contribution in [0.15, 0.2) is 48.0 Å². The number of aromatic nitrogens is 2. The summed E-state index contributed by atoms with van der Waals surface area (Å²) in [5.74, 6) is -0.404. The molecule has 3 N–H and O–H groups in total. The predicted molar refractivity (Wildman–Crippen MR) is 92.0 cm³/mol. The molecule has 0 unspecified atom stereocenters. The second kappa shape index (κ2) is 6.76. The van der Waals surface area contributed by atoms with Gasteiger partial charge in [-0.15, -0.1) is 11.3 Å². The number of nitrogens with zero attached hydrogens (tertiary/aromatic N) is 2. The zero-order chi connectivity index (χ0) is 16.2. The normalized spacial score (nSPS) is 10.8.